The molecule has 2 heterocycles. The zero-order valence-corrected chi connectivity index (χ0v) is 19.9. The zero-order chi connectivity index (χ0) is 24.3. The standard InChI is InChI=1S/C21H24FN3O6S2/c1-12-13(2)32-20(17(12)19(27)24-21(28)31-3)23-18(26)14-8-10-25(11-9-14)33(29,30)16-6-4-15(22)5-7-16/h4-7,14H,8-11H2,1-3H3,(H,23,26)(H,24,27,28). The summed E-state index contributed by atoms with van der Waals surface area (Å²) >= 11 is 1.22. The molecule has 0 bridgehead atoms. The van der Waals surface area contributed by atoms with Gasteiger partial charge in [0.1, 0.15) is 10.8 Å². The third-order valence-electron chi connectivity index (χ3n) is 5.53. The van der Waals surface area contributed by atoms with Gasteiger partial charge in [0.2, 0.25) is 15.9 Å². The number of carbonyl (C=O) groups is 3. The Morgan fingerprint density at radius 2 is 1.73 bits per heavy atom. The molecule has 1 aliphatic rings. The van der Waals surface area contributed by atoms with Gasteiger partial charge in [0, 0.05) is 23.9 Å². The van der Waals surface area contributed by atoms with Gasteiger partial charge in [-0.2, -0.15) is 4.31 Å². The largest absolute Gasteiger partial charge is 0.453 e. The van der Waals surface area contributed by atoms with Crippen molar-refractivity contribution in [1.29, 1.82) is 0 Å². The molecule has 178 valence electrons. The van der Waals surface area contributed by atoms with Crippen LogP contribution >= 0.6 is 11.3 Å². The monoisotopic (exact) mass is 497 g/mol. The molecule has 0 aliphatic carbocycles. The fourth-order valence-electron chi connectivity index (χ4n) is 3.52. The molecule has 0 spiro atoms. The number of benzene rings is 1. The van der Waals surface area contributed by atoms with Gasteiger partial charge in [0.25, 0.3) is 5.91 Å². The molecule has 1 aromatic heterocycles. The molecule has 12 heteroatoms. The number of hydrogen-bond donors (Lipinski definition) is 2. The Morgan fingerprint density at radius 1 is 1.12 bits per heavy atom. The molecule has 3 amide bonds. The number of hydrogen-bond acceptors (Lipinski definition) is 7. The van der Waals surface area contributed by atoms with E-state index in [0.29, 0.717) is 23.4 Å². The summed E-state index contributed by atoms with van der Waals surface area (Å²) in [5, 5.41) is 5.17. The van der Waals surface area contributed by atoms with E-state index in [-0.39, 0.29) is 29.5 Å². The Hall–Kier alpha value is -2.83. The lowest BCUT2D eigenvalue weighted by atomic mass is 9.97. The van der Waals surface area contributed by atoms with Gasteiger partial charge >= 0.3 is 6.09 Å². The van der Waals surface area contributed by atoms with Crippen molar-refractivity contribution in [3.05, 3.63) is 46.1 Å². The number of nitrogens with one attached hydrogen (secondary N) is 2. The van der Waals surface area contributed by atoms with E-state index in [1.807, 2.05) is 0 Å². The molecular formula is C21H24FN3O6S2. The van der Waals surface area contributed by atoms with Gasteiger partial charge in [-0.1, -0.05) is 0 Å². The number of piperidine rings is 1. The first-order valence-electron chi connectivity index (χ1n) is 10.1. The third kappa shape index (κ3) is 5.40. The SMILES string of the molecule is COC(=O)NC(=O)c1c(NC(=O)C2CCN(S(=O)(=O)c3ccc(F)cc3)CC2)sc(C)c1C. The molecule has 1 fully saturated rings. The van der Waals surface area contributed by atoms with Crippen molar-refractivity contribution < 1.29 is 31.9 Å². The van der Waals surface area contributed by atoms with Gasteiger partial charge in [-0.05, 0) is 56.5 Å². The molecule has 0 unspecified atom stereocenters. The van der Waals surface area contributed by atoms with Crippen molar-refractivity contribution in [1.82, 2.24) is 9.62 Å². The van der Waals surface area contributed by atoms with Gasteiger partial charge in [-0.15, -0.1) is 11.3 Å². The number of sulfonamides is 1. The van der Waals surface area contributed by atoms with Crippen LogP contribution in [-0.4, -0.2) is 50.8 Å². The number of carbonyl (C=O) groups excluding carboxylic acids is 3. The summed E-state index contributed by atoms with van der Waals surface area (Å²) in [7, 11) is -2.64. The molecule has 1 saturated heterocycles. The number of imide groups is 1. The highest BCUT2D eigenvalue weighted by Crippen LogP contribution is 2.33. The van der Waals surface area contributed by atoms with Crippen LogP contribution < -0.4 is 10.6 Å². The molecular weight excluding hydrogens is 473 g/mol. The van der Waals surface area contributed by atoms with Crippen LogP contribution in [-0.2, 0) is 19.6 Å². The van der Waals surface area contributed by atoms with Crippen LogP contribution in [0.25, 0.3) is 0 Å². The number of nitrogens with zero attached hydrogens (tertiary/aromatic N) is 1. The van der Waals surface area contributed by atoms with E-state index in [1.165, 1.54) is 27.8 Å². The van der Waals surface area contributed by atoms with E-state index < -0.39 is 33.8 Å². The summed E-state index contributed by atoms with van der Waals surface area (Å²) in [6.07, 6.45) is -0.325. The van der Waals surface area contributed by atoms with Crippen molar-refractivity contribution >= 4 is 44.3 Å². The van der Waals surface area contributed by atoms with Crippen molar-refractivity contribution in [3.8, 4) is 0 Å². The van der Waals surface area contributed by atoms with E-state index in [1.54, 1.807) is 13.8 Å². The minimum absolute atomic E-state index is 0.00222. The minimum atomic E-state index is -3.78. The highest BCUT2D eigenvalue weighted by Gasteiger charge is 2.33. The number of anilines is 1. The highest BCUT2D eigenvalue weighted by molar-refractivity contribution is 7.89. The van der Waals surface area contributed by atoms with E-state index in [9.17, 15) is 27.2 Å². The van der Waals surface area contributed by atoms with E-state index >= 15 is 0 Å². The third-order valence-corrected chi connectivity index (χ3v) is 8.56. The number of ether oxygens (including phenoxy) is 1. The van der Waals surface area contributed by atoms with Gasteiger partial charge < -0.3 is 10.1 Å². The summed E-state index contributed by atoms with van der Waals surface area (Å²) in [6.45, 7) is 3.78. The Kier molecular flexibility index (Phi) is 7.50. The molecule has 1 aromatic carbocycles. The molecule has 0 atom stereocenters. The maximum absolute atomic E-state index is 13.1. The summed E-state index contributed by atoms with van der Waals surface area (Å²) in [5.74, 6) is -1.99. The van der Waals surface area contributed by atoms with Crippen molar-refractivity contribution in [3.63, 3.8) is 0 Å². The van der Waals surface area contributed by atoms with Gasteiger partial charge in [0.15, 0.2) is 0 Å². The molecule has 2 N–H and O–H groups in total. The van der Waals surface area contributed by atoms with Crippen LogP contribution in [0.1, 0.15) is 33.6 Å². The highest BCUT2D eigenvalue weighted by atomic mass is 32.2. The van der Waals surface area contributed by atoms with Crippen molar-refractivity contribution in [2.45, 2.75) is 31.6 Å². The normalized spacial score (nSPS) is 15.2. The summed E-state index contributed by atoms with van der Waals surface area (Å²) < 4.78 is 44.4. The Morgan fingerprint density at radius 3 is 2.30 bits per heavy atom. The second-order valence-corrected chi connectivity index (χ2v) is 10.7. The first-order valence-corrected chi connectivity index (χ1v) is 12.4. The average Bonchev–Trinajstić information content (AvgIpc) is 3.06. The van der Waals surface area contributed by atoms with Crippen molar-refractivity contribution in [2.24, 2.45) is 5.92 Å². The number of aryl methyl sites for hydroxylation is 1. The predicted octanol–water partition coefficient (Wildman–Crippen LogP) is 3.04. The number of rotatable bonds is 5. The van der Waals surface area contributed by atoms with Crippen LogP contribution in [0.2, 0.25) is 0 Å². The van der Waals surface area contributed by atoms with Crippen LogP contribution in [0, 0.1) is 25.6 Å². The van der Waals surface area contributed by atoms with Crippen LogP contribution in [0.4, 0.5) is 14.2 Å². The summed E-state index contributed by atoms with van der Waals surface area (Å²) in [4.78, 5) is 37.6. The maximum Gasteiger partial charge on any atom is 0.413 e. The van der Waals surface area contributed by atoms with Crippen LogP contribution in [0.5, 0.6) is 0 Å². The topological polar surface area (TPSA) is 122 Å². The Bertz CT molecular complexity index is 1170. The minimum Gasteiger partial charge on any atom is -0.453 e. The Labute approximate surface area is 195 Å². The smallest absolute Gasteiger partial charge is 0.413 e. The van der Waals surface area contributed by atoms with Gasteiger partial charge in [-0.3, -0.25) is 14.9 Å². The number of halogens is 1. The second-order valence-electron chi connectivity index (χ2n) is 7.55. The molecule has 9 nitrogen and oxygen atoms in total. The molecule has 1 aliphatic heterocycles. The predicted molar refractivity (Wildman–Crippen MR) is 120 cm³/mol. The summed E-state index contributed by atoms with van der Waals surface area (Å²) in [5.41, 5.74) is 0.824. The first kappa shape index (κ1) is 24.8. The molecule has 0 saturated carbocycles. The zero-order valence-electron chi connectivity index (χ0n) is 18.3. The molecule has 3 rings (SSSR count). The van der Waals surface area contributed by atoms with Crippen molar-refractivity contribution in [2.75, 3.05) is 25.5 Å². The fourth-order valence-corrected chi connectivity index (χ4v) is 6.05. The van der Waals surface area contributed by atoms with Crippen LogP contribution in [0.15, 0.2) is 29.2 Å². The van der Waals surface area contributed by atoms with E-state index in [2.05, 4.69) is 15.4 Å². The quantitative estimate of drug-likeness (QED) is 0.655. The first-order chi connectivity index (χ1) is 15.5. The van der Waals surface area contributed by atoms with E-state index in [0.717, 1.165) is 24.1 Å². The van der Waals surface area contributed by atoms with Gasteiger partial charge in [-0.25, -0.2) is 17.6 Å². The Balaban J connectivity index is 1.67. The summed E-state index contributed by atoms with van der Waals surface area (Å²) in [6, 6.07) is 4.61. The number of alkyl carbamates (subject to hydrolysis) is 1. The van der Waals surface area contributed by atoms with E-state index in [4.69, 9.17) is 0 Å². The molecule has 2 aromatic rings. The lowest BCUT2D eigenvalue weighted by molar-refractivity contribution is -0.120. The fraction of sp³-hybridized carbons (Fsp3) is 0.381. The van der Waals surface area contributed by atoms with Crippen LogP contribution in [0.3, 0.4) is 0 Å². The number of amides is 3. The number of thiophene rings is 1. The molecule has 0 radical (unpaired) electrons. The number of methoxy groups -OCH3 is 1. The maximum atomic E-state index is 13.1. The lowest BCUT2D eigenvalue weighted by Gasteiger charge is -2.30. The second kappa shape index (κ2) is 9.98. The average molecular weight is 498 g/mol. The molecule has 33 heavy (non-hydrogen) atoms. The lowest BCUT2D eigenvalue weighted by Crippen LogP contribution is -2.41. The van der Waals surface area contributed by atoms with Gasteiger partial charge in [0.05, 0.1) is 17.6 Å².